The Kier molecular flexibility index (Phi) is 5.35. The summed E-state index contributed by atoms with van der Waals surface area (Å²) < 4.78 is 50.6. The molecule has 1 aromatic rings. The average molecular weight is 292 g/mol. The summed E-state index contributed by atoms with van der Waals surface area (Å²) in [4.78, 5) is 12.7. The lowest BCUT2D eigenvalue weighted by atomic mass is 10.1. The SMILES string of the molecule is CCCCN(CC(F)(F)F)C(=O)c1cc(N)cc(F)c1. The van der Waals surface area contributed by atoms with Gasteiger partial charge in [0.1, 0.15) is 12.4 Å². The lowest BCUT2D eigenvalue weighted by Crippen LogP contribution is -2.39. The van der Waals surface area contributed by atoms with Crippen molar-refractivity contribution in [1.82, 2.24) is 4.90 Å². The Bertz CT molecular complexity index is 454. The molecule has 0 saturated carbocycles. The molecule has 20 heavy (non-hydrogen) atoms. The van der Waals surface area contributed by atoms with Crippen LogP contribution in [0.1, 0.15) is 30.1 Å². The lowest BCUT2D eigenvalue weighted by molar-refractivity contribution is -0.140. The van der Waals surface area contributed by atoms with Gasteiger partial charge in [-0.1, -0.05) is 13.3 Å². The van der Waals surface area contributed by atoms with E-state index in [1.807, 2.05) is 0 Å². The highest BCUT2D eigenvalue weighted by Gasteiger charge is 2.33. The minimum Gasteiger partial charge on any atom is -0.399 e. The van der Waals surface area contributed by atoms with Crippen molar-refractivity contribution in [3.8, 4) is 0 Å². The molecule has 0 aromatic heterocycles. The largest absolute Gasteiger partial charge is 0.406 e. The molecule has 1 rings (SSSR count). The number of carbonyl (C=O) groups excluding carboxylic acids is 1. The molecule has 0 atom stereocenters. The van der Waals surface area contributed by atoms with E-state index in [0.29, 0.717) is 17.7 Å². The highest BCUT2D eigenvalue weighted by atomic mass is 19.4. The van der Waals surface area contributed by atoms with Gasteiger partial charge in [-0.05, 0) is 24.6 Å². The molecule has 0 radical (unpaired) electrons. The summed E-state index contributed by atoms with van der Waals surface area (Å²) in [7, 11) is 0. The number of nitrogens with two attached hydrogens (primary N) is 1. The minimum atomic E-state index is -4.50. The van der Waals surface area contributed by atoms with Crippen LogP contribution in [0.15, 0.2) is 18.2 Å². The third-order valence-electron chi connectivity index (χ3n) is 2.61. The topological polar surface area (TPSA) is 46.3 Å². The zero-order valence-corrected chi connectivity index (χ0v) is 11.0. The van der Waals surface area contributed by atoms with Crippen LogP contribution in [0.3, 0.4) is 0 Å². The highest BCUT2D eigenvalue weighted by Crippen LogP contribution is 2.20. The number of hydrogen-bond acceptors (Lipinski definition) is 2. The van der Waals surface area contributed by atoms with Crippen LogP contribution in [0.25, 0.3) is 0 Å². The van der Waals surface area contributed by atoms with Crippen molar-refractivity contribution >= 4 is 11.6 Å². The summed E-state index contributed by atoms with van der Waals surface area (Å²) in [6.07, 6.45) is -3.41. The van der Waals surface area contributed by atoms with Crippen molar-refractivity contribution in [2.75, 3.05) is 18.8 Å². The first-order chi connectivity index (χ1) is 9.23. The molecule has 2 N–H and O–H groups in total. The summed E-state index contributed by atoms with van der Waals surface area (Å²) in [6.45, 7) is 0.407. The van der Waals surface area contributed by atoms with Gasteiger partial charge in [-0.2, -0.15) is 13.2 Å². The number of amides is 1. The second-order valence-electron chi connectivity index (χ2n) is 4.47. The molecule has 0 aliphatic heterocycles. The van der Waals surface area contributed by atoms with Crippen LogP contribution in [0.5, 0.6) is 0 Å². The van der Waals surface area contributed by atoms with Crippen molar-refractivity contribution < 1.29 is 22.4 Å². The third-order valence-corrected chi connectivity index (χ3v) is 2.61. The number of unbranched alkanes of at least 4 members (excludes halogenated alkanes) is 1. The predicted octanol–water partition coefficient (Wildman–Crippen LogP) is 3.21. The second kappa shape index (κ2) is 6.58. The molecule has 7 heteroatoms. The summed E-state index contributed by atoms with van der Waals surface area (Å²) in [5.74, 6) is -1.63. The molecular weight excluding hydrogens is 276 g/mol. The first-order valence-corrected chi connectivity index (χ1v) is 6.15. The summed E-state index contributed by atoms with van der Waals surface area (Å²) in [6, 6.07) is 3.05. The molecular formula is C13H16F4N2O. The molecule has 0 fully saturated rings. The van der Waals surface area contributed by atoms with E-state index in [9.17, 15) is 22.4 Å². The van der Waals surface area contributed by atoms with E-state index in [1.54, 1.807) is 6.92 Å². The van der Waals surface area contributed by atoms with E-state index >= 15 is 0 Å². The van der Waals surface area contributed by atoms with Gasteiger partial charge in [0.2, 0.25) is 0 Å². The van der Waals surface area contributed by atoms with Gasteiger partial charge in [-0.15, -0.1) is 0 Å². The van der Waals surface area contributed by atoms with E-state index in [-0.39, 0.29) is 17.8 Å². The normalized spacial score (nSPS) is 11.4. The van der Waals surface area contributed by atoms with Gasteiger partial charge in [0.05, 0.1) is 0 Å². The minimum absolute atomic E-state index is 0.00389. The number of hydrogen-bond donors (Lipinski definition) is 1. The number of nitrogen functional groups attached to an aromatic ring is 1. The van der Waals surface area contributed by atoms with Crippen LogP contribution in [-0.2, 0) is 0 Å². The predicted molar refractivity (Wildman–Crippen MR) is 67.7 cm³/mol. The van der Waals surface area contributed by atoms with Crippen LogP contribution in [-0.4, -0.2) is 30.1 Å². The molecule has 0 bridgehead atoms. The maximum absolute atomic E-state index is 13.2. The van der Waals surface area contributed by atoms with Crippen LogP contribution in [0, 0.1) is 5.82 Å². The van der Waals surface area contributed by atoms with Crippen molar-refractivity contribution in [1.29, 1.82) is 0 Å². The molecule has 0 heterocycles. The Morgan fingerprint density at radius 3 is 2.45 bits per heavy atom. The average Bonchev–Trinajstić information content (AvgIpc) is 2.31. The molecule has 3 nitrogen and oxygen atoms in total. The number of rotatable bonds is 5. The number of carbonyl (C=O) groups is 1. The number of benzene rings is 1. The van der Waals surface area contributed by atoms with Gasteiger partial charge in [0.25, 0.3) is 5.91 Å². The lowest BCUT2D eigenvalue weighted by Gasteiger charge is -2.24. The van der Waals surface area contributed by atoms with E-state index in [4.69, 9.17) is 5.73 Å². The van der Waals surface area contributed by atoms with Gasteiger partial charge in [-0.25, -0.2) is 4.39 Å². The van der Waals surface area contributed by atoms with Gasteiger partial charge in [-0.3, -0.25) is 4.79 Å². The number of halogens is 4. The number of alkyl halides is 3. The number of anilines is 1. The third kappa shape index (κ3) is 5.07. The summed E-state index contributed by atoms with van der Waals surface area (Å²) in [5, 5.41) is 0. The van der Waals surface area contributed by atoms with Gasteiger partial charge in [0, 0.05) is 17.8 Å². The molecule has 0 spiro atoms. The van der Waals surface area contributed by atoms with E-state index in [2.05, 4.69) is 0 Å². The highest BCUT2D eigenvalue weighted by molar-refractivity contribution is 5.95. The van der Waals surface area contributed by atoms with Crippen LogP contribution in [0.4, 0.5) is 23.2 Å². The monoisotopic (exact) mass is 292 g/mol. The first kappa shape index (κ1) is 16.3. The van der Waals surface area contributed by atoms with E-state index < -0.39 is 24.4 Å². The van der Waals surface area contributed by atoms with Crippen LogP contribution in [0.2, 0.25) is 0 Å². The number of nitrogens with zero attached hydrogens (tertiary/aromatic N) is 1. The molecule has 112 valence electrons. The maximum atomic E-state index is 13.2. The fourth-order valence-electron chi connectivity index (χ4n) is 1.74. The van der Waals surface area contributed by atoms with E-state index in [0.717, 1.165) is 12.1 Å². The van der Waals surface area contributed by atoms with Crippen LogP contribution >= 0.6 is 0 Å². The van der Waals surface area contributed by atoms with Gasteiger partial charge >= 0.3 is 6.18 Å². The molecule has 0 aliphatic carbocycles. The molecule has 0 saturated heterocycles. The zero-order chi connectivity index (χ0) is 15.3. The van der Waals surface area contributed by atoms with Gasteiger partial charge < -0.3 is 10.6 Å². The Balaban J connectivity index is 2.96. The molecule has 1 amide bonds. The second-order valence-corrected chi connectivity index (χ2v) is 4.47. The van der Waals surface area contributed by atoms with E-state index in [1.165, 1.54) is 6.07 Å². The Labute approximate surface area is 114 Å². The molecule has 1 aromatic carbocycles. The fourth-order valence-corrected chi connectivity index (χ4v) is 1.74. The van der Waals surface area contributed by atoms with Crippen molar-refractivity contribution in [3.63, 3.8) is 0 Å². The van der Waals surface area contributed by atoms with Crippen molar-refractivity contribution in [2.24, 2.45) is 0 Å². The van der Waals surface area contributed by atoms with Crippen molar-refractivity contribution in [3.05, 3.63) is 29.6 Å². The Morgan fingerprint density at radius 1 is 1.30 bits per heavy atom. The van der Waals surface area contributed by atoms with Gasteiger partial charge in [0.15, 0.2) is 0 Å². The molecule has 0 aliphatic rings. The quantitative estimate of drug-likeness (QED) is 0.669. The summed E-state index contributed by atoms with van der Waals surface area (Å²) in [5.41, 5.74) is 5.21. The Morgan fingerprint density at radius 2 is 1.95 bits per heavy atom. The zero-order valence-electron chi connectivity index (χ0n) is 11.0. The smallest absolute Gasteiger partial charge is 0.399 e. The standard InChI is InChI=1S/C13H16F4N2O/c1-2-3-4-19(8-13(15,16)17)12(20)9-5-10(14)7-11(18)6-9/h5-7H,2-4,8,18H2,1H3. The van der Waals surface area contributed by atoms with Crippen LogP contribution < -0.4 is 5.73 Å². The molecule has 0 unspecified atom stereocenters. The first-order valence-electron chi connectivity index (χ1n) is 6.15. The van der Waals surface area contributed by atoms with Crippen molar-refractivity contribution in [2.45, 2.75) is 25.9 Å². The fraction of sp³-hybridized carbons (Fsp3) is 0.462. The Hall–Kier alpha value is -1.79. The summed E-state index contributed by atoms with van der Waals surface area (Å²) >= 11 is 0. The maximum Gasteiger partial charge on any atom is 0.406 e.